The fraction of sp³-hybridized carbons (Fsp3) is 0.378. The van der Waals surface area contributed by atoms with Crippen molar-refractivity contribution < 1.29 is 51.1 Å². The van der Waals surface area contributed by atoms with Crippen molar-refractivity contribution in [3.05, 3.63) is 116 Å². The second-order valence-corrected chi connectivity index (χ2v) is 10.6. The molecule has 5 rings (SSSR count). The summed E-state index contributed by atoms with van der Waals surface area (Å²) < 4.78 is 237. The summed E-state index contributed by atoms with van der Waals surface area (Å²) in [4.78, 5) is 32.9. The number of nitrogens with zero attached hydrogens (tertiary/aromatic N) is 4. The minimum Gasteiger partial charge on any atom is -0.336 e. The summed E-state index contributed by atoms with van der Waals surface area (Å²) >= 11 is -0.0268. The van der Waals surface area contributed by atoms with E-state index in [1.807, 2.05) is 0 Å². The van der Waals surface area contributed by atoms with Crippen molar-refractivity contribution in [2.24, 2.45) is 0 Å². The zero-order valence-electron chi connectivity index (χ0n) is 46.5. The number of halogens is 4. The van der Waals surface area contributed by atoms with E-state index in [-0.39, 0.29) is 22.2 Å². The predicted octanol–water partition coefficient (Wildman–Crippen LogP) is 7.53. The van der Waals surface area contributed by atoms with Gasteiger partial charge in [0.1, 0.15) is 12.4 Å². The molecule has 254 valence electrons. The fourth-order valence-corrected chi connectivity index (χ4v) is 5.05. The third kappa shape index (κ3) is 8.54. The summed E-state index contributed by atoms with van der Waals surface area (Å²) in [5.74, 6) is -2.47. The summed E-state index contributed by atoms with van der Waals surface area (Å²) in [7, 11) is 0. The Morgan fingerprint density at radius 1 is 1.02 bits per heavy atom. The van der Waals surface area contributed by atoms with E-state index in [0.29, 0.717) is 9.47 Å². The van der Waals surface area contributed by atoms with Gasteiger partial charge in [0.2, 0.25) is 5.91 Å². The number of likely N-dealkylation sites (N-methyl/N-ethyl adjacent to an activating group) is 1. The molecule has 0 N–H and O–H groups in total. The van der Waals surface area contributed by atoms with Gasteiger partial charge >= 0.3 is 6.18 Å². The highest BCUT2D eigenvalue weighted by molar-refractivity contribution is 7.98. The number of amides is 1. The molecule has 0 unspecified atom stereocenters. The average molecular weight is 702 g/mol. The lowest BCUT2D eigenvalue weighted by Crippen LogP contribution is -2.40. The van der Waals surface area contributed by atoms with E-state index in [9.17, 15) is 29.9 Å². The lowest BCUT2D eigenvalue weighted by atomic mass is 9.98. The van der Waals surface area contributed by atoms with Crippen LogP contribution in [-0.2, 0) is 42.5 Å². The largest absolute Gasteiger partial charge is 0.416 e. The minimum atomic E-state index is -5.25. The van der Waals surface area contributed by atoms with Crippen LogP contribution in [-0.4, -0.2) is 51.3 Å². The van der Waals surface area contributed by atoms with Crippen LogP contribution >= 0.6 is 11.8 Å². The van der Waals surface area contributed by atoms with Crippen molar-refractivity contribution in [1.29, 1.82) is 0 Å². The summed E-state index contributed by atoms with van der Waals surface area (Å²) in [6.45, 7) is -10.1. The zero-order valence-corrected chi connectivity index (χ0v) is 26.3. The Hall–Kier alpha value is -3.96. The van der Waals surface area contributed by atoms with Crippen LogP contribution in [0.15, 0.2) is 76.5 Å². The quantitative estimate of drug-likeness (QED) is 0.0820. The number of fused-ring (bicyclic) bond motifs is 1. The van der Waals surface area contributed by atoms with Crippen LogP contribution < -0.4 is 5.56 Å². The highest BCUT2D eigenvalue weighted by atomic mass is 32.2. The topological polar surface area (TPSA) is 58.4 Å². The van der Waals surface area contributed by atoms with Gasteiger partial charge in [0.25, 0.3) is 5.56 Å². The molecule has 1 amide bonds. The van der Waals surface area contributed by atoms with E-state index in [4.69, 9.17) is 26.0 Å². The zero-order chi connectivity index (χ0) is 53.1. The molecule has 4 aromatic rings. The van der Waals surface area contributed by atoms with Crippen LogP contribution in [0.25, 0.3) is 11.1 Å². The monoisotopic (exact) mass is 701 g/mol. The number of aromatic nitrogens is 2. The average Bonchev–Trinajstić information content (AvgIpc) is 3.29. The highest BCUT2D eigenvalue weighted by Crippen LogP contribution is 2.34. The molecule has 11 heteroatoms. The van der Waals surface area contributed by atoms with E-state index in [1.165, 1.54) is 0 Å². The van der Waals surface area contributed by atoms with Crippen LogP contribution in [0.2, 0.25) is 0 Å². The first-order valence-corrected chi connectivity index (χ1v) is 14.8. The van der Waals surface area contributed by atoms with Crippen LogP contribution in [0.5, 0.6) is 0 Å². The van der Waals surface area contributed by atoms with Gasteiger partial charge in [-0.25, -0.2) is 4.39 Å². The lowest BCUT2D eigenvalue weighted by molar-refractivity contribution is -0.138. The molecule has 0 radical (unpaired) electrons. The normalized spacial score (nSPS) is 23.5. The van der Waals surface area contributed by atoms with Gasteiger partial charge < -0.3 is 14.4 Å². The van der Waals surface area contributed by atoms with Crippen LogP contribution in [0.3, 0.4) is 0 Å². The number of alkyl halides is 3. The van der Waals surface area contributed by atoms with Gasteiger partial charge in [-0.15, -0.1) is 0 Å². The summed E-state index contributed by atoms with van der Waals surface area (Å²) in [5, 5.41) is -0.956. The van der Waals surface area contributed by atoms with Crippen molar-refractivity contribution in [2.75, 3.05) is 26.1 Å². The maximum atomic E-state index is 15.0. The third-order valence-corrected chi connectivity index (χ3v) is 7.54. The van der Waals surface area contributed by atoms with Crippen LogP contribution in [0.1, 0.15) is 82.5 Å². The molecule has 0 saturated carbocycles. The molecule has 6 nitrogen and oxygen atoms in total. The maximum absolute atomic E-state index is 15.0. The molecule has 1 aliphatic carbocycles. The number of hydrogen-bond acceptors (Lipinski definition) is 5. The van der Waals surface area contributed by atoms with E-state index in [0.717, 1.165) is 45.0 Å². The Kier molecular flexibility index (Phi) is 5.53. The first-order valence-electron chi connectivity index (χ1n) is 24.5. The molecule has 0 atom stereocenters. The van der Waals surface area contributed by atoms with Gasteiger partial charge in [-0.1, -0.05) is 74.0 Å². The number of carbonyl (C=O) groups is 1. The predicted molar refractivity (Wildman–Crippen MR) is 181 cm³/mol. The maximum Gasteiger partial charge on any atom is 0.416 e. The molecule has 1 aromatic heterocycles. The Morgan fingerprint density at radius 2 is 1.71 bits per heavy atom. The lowest BCUT2D eigenvalue weighted by Gasteiger charge is -2.28. The molecule has 0 bridgehead atoms. The Labute approximate surface area is 312 Å². The molecule has 0 saturated heterocycles. The molecule has 1 heterocycles. The Morgan fingerprint density at radius 3 is 2.38 bits per heavy atom. The van der Waals surface area contributed by atoms with Gasteiger partial charge in [-0.05, 0) is 85.0 Å². The Bertz CT molecular complexity index is 2730. The summed E-state index contributed by atoms with van der Waals surface area (Å²) in [6.07, 6.45) is -16.0. The molecule has 48 heavy (non-hydrogen) atoms. The molecular weight excluding hydrogens is 640 g/mol. The van der Waals surface area contributed by atoms with Crippen LogP contribution in [0, 0.1) is 12.7 Å². The number of carbonyl (C=O) groups excluding carboxylic acids is 1. The van der Waals surface area contributed by atoms with Crippen molar-refractivity contribution in [1.82, 2.24) is 19.4 Å². The van der Waals surface area contributed by atoms with Gasteiger partial charge in [-0.3, -0.25) is 9.59 Å². The molecule has 1 aliphatic rings. The molecule has 0 spiro atoms. The minimum absolute atomic E-state index is 0.0268. The van der Waals surface area contributed by atoms with Gasteiger partial charge in [0.15, 0.2) is 5.16 Å². The fourth-order valence-electron chi connectivity index (χ4n) is 4.31. The number of benzene rings is 3. The first-order chi connectivity index (χ1) is 31.0. The van der Waals surface area contributed by atoms with Crippen molar-refractivity contribution in [3.63, 3.8) is 0 Å². The van der Waals surface area contributed by atoms with Gasteiger partial charge in [0, 0.05) is 53.0 Å². The van der Waals surface area contributed by atoms with E-state index < -0.39 is 174 Å². The SMILES string of the molecule is [2H]c1c([2H])c(C([2H])([2H])N(CCN(C([2H])([2H])C)C([2H])([2H])C)C(=O)Cn2c(SC([2H])([2H])c3ccc(F)cc3)nc(=O)c3c2C([2H])([2H])C([2H])([2H])C3([2H])[2H])c([2H])c([2H])c1-c1c([2H])c([2H])c(C(F)(F)F)c(C)c1[2H]. The van der Waals surface area contributed by atoms with Crippen molar-refractivity contribution in [3.8, 4) is 11.1 Å². The third-order valence-electron chi connectivity index (χ3n) is 6.71. The second-order valence-electron chi connectivity index (χ2n) is 9.85. The number of rotatable bonds is 13. The Balaban J connectivity index is 1.81. The van der Waals surface area contributed by atoms with Gasteiger partial charge in [-0.2, -0.15) is 18.2 Å². The summed E-state index contributed by atoms with van der Waals surface area (Å²) in [5.41, 5.74) is -13.1. The molecular formula is C37H40F4N4O2S. The first kappa shape index (κ1) is 17.1. The van der Waals surface area contributed by atoms with E-state index in [2.05, 4.69) is 4.98 Å². The van der Waals surface area contributed by atoms with E-state index in [1.54, 1.807) is 0 Å². The van der Waals surface area contributed by atoms with Crippen LogP contribution in [0.4, 0.5) is 17.6 Å². The molecule has 0 aliphatic heterocycles. The van der Waals surface area contributed by atoms with Crippen molar-refractivity contribution in [2.45, 2.75) is 70.0 Å². The number of thioether (sulfide) groups is 1. The van der Waals surface area contributed by atoms with E-state index >= 15 is 0 Å². The molecule has 0 fully saturated rings. The smallest absolute Gasteiger partial charge is 0.336 e. The van der Waals surface area contributed by atoms with Gasteiger partial charge in [0.05, 0.1) is 17.9 Å². The highest BCUT2D eigenvalue weighted by Gasteiger charge is 2.32. The second kappa shape index (κ2) is 15.5. The number of hydrogen-bond donors (Lipinski definition) is 0. The molecule has 3 aromatic carbocycles. The summed E-state index contributed by atoms with van der Waals surface area (Å²) in [6, 6.07) is -5.64. The van der Waals surface area contributed by atoms with Crippen molar-refractivity contribution >= 4 is 17.7 Å². The standard InChI is InChI=1S/C37H40F4N4O2S/c1-4-43(5-2)19-20-44(22-26-9-13-28(14-10-26)29-15-18-32(25(3)21-29)37(39,40)41)34(46)23-45-33-8-6-7-31(33)35(47)42-36(45)48-24-27-11-16-30(38)17-12-27/h9-18,21H,4-8,19-20,22-24H2,1-3H3/i4D2,5D2,6D2,7D2,8D2,9D,10D,13D,14D,15D,18D,21D,22D2,24D2.